The fraction of sp³-hybridized carbons (Fsp3) is 0.684. The van der Waals surface area contributed by atoms with E-state index in [1.807, 2.05) is 0 Å². The van der Waals surface area contributed by atoms with E-state index in [1.165, 1.54) is 26.1 Å². The average molecular weight is 422 g/mol. The number of aliphatic hydroxyl groups excluding tert-OH is 1. The molecular weight excluding hydrogens is 393 g/mol. The minimum absolute atomic E-state index is 0.115. The lowest BCUT2D eigenvalue weighted by atomic mass is 10.0. The molecule has 0 bridgehead atoms. The molecule has 0 unspecified atom stereocenters. The zero-order valence-electron chi connectivity index (χ0n) is 17.3. The summed E-state index contributed by atoms with van der Waals surface area (Å²) >= 11 is 0. The number of aliphatic hydroxyl groups is 2. The van der Waals surface area contributed by atoms with Gasteiger partial charge in [0.05, 0.1) is 0 Å². The minimum Gasteiger partial charge on any atom is -0.468 e. The zero-order chi connectivity index (χ0) is 22.5. The maximum Gasteiger partial charge on any atom is 0.422 e. The summed E-state index contributed by atoms with van der Waals surface area (Å²) in [5.41, 5.74) is -1.89. The molecule has 1 aromatic rings. The van der Waals surface area contributed by atoms with Crippen LogP contribution < -0.4 is 4.74 Å². The lowest BCUT2D eigenvalue weighted by Gasteiger charge is -2.41. The summed E-state index contributed by atoms with van der Waals surface area (Å²) in [6, 6.07) is 2.20. The minimum atomic E-state index is -4.49. The molecule has 1 atom stereocenters. The predicted molar refractivity (Wildman–Crippen MR) is 99.4 cm³/mol. The van der Waals surface area contributed by atoms with Gasteiger partial charge in [0.25, 0.3) is 0 Å². The van der Waals surface area contributed by atoms with Gasteiger partial charge in [-0.3, -0.25) is 4.90 Å². The Bertz CT molecular complexity index is 669. The van der Waals surface area contributed by atoms with E-state index in [1.54, 1.807) is 26.8 Å². The monoisotopic (exact) mass is 422 g/mol. The Hall–Kier alpha value is -2.07. The molecule has 0 aromatic carbocycles. The molecule has 1 aromatic heterocycles. The summed E-state index contributed by atoms with van der Waals surface area (Å²) in [6.07, 6.45) is -3.73. The maximum atomic E-state index is 12.7. The van der Waals surface area contributed by atoms with Gasteiger partial charge in [-0.05, 0) is 59.1 Å². The molecule has 7 nitrogen and oxygen atoms in total. The molecule has 0 spiro atoms. The van der Waals surface area contributed by atoms with Gasteiger partial charge in [-0.2, -0.15) is 13.2 Å². The van der Waals surface area contributed by atoms with Crippen molar-refractivity contribution in [2.45, 2.75) is 71.0 Å². The summed E-state index contributed by atoms with van der Waals surface area (Å²) < 4.78 is 47.1. The summed E-state index contributed by atoms with van der Waals surface area (Å²) in [6.45, 7) is 6.11. The SMILES string of the molecule is CC(C)(C)OC(=O)N([C@H](CCO)Cc1ccnc(OCC(F)(F)F)c1)C(C)(C)O. The van der Waals surface area contributed by atoms with Gasteiger partial charge in [0.15, 0.2) is 6.61 Å². The van der Waals surface area contributed by atoms with Gasteiger partial charge in [0.2, 0.25) is 5.88 Å². The van der Waals surface area contributed by atoms with Crippen LogP contribution in [0.1, 0.15) is 46.6 Å². The number of amides is 1. The van der Waals surface area contributed by atoms with Crippen molar-refractivity contribution in [1.82, 2.24) is 9.88 Å². The van der Waals surface area contributed by atoms with Crippen LogP contribution in [-0.4, -0.2) is 62.9 Å². The summed E-state index contributed by atoms with van der Waals surface area (Å²) in [5, 5.41) is 20.0. The number of aromatic nitrogens is 1. The lowest BCUT2D eigenvalue weighted by molar-refractivity contribution is -0.154. The Kier molecular flexibility index (Phi) is 8.28. The highest BCUT2D eigenvalue weighted by Gasteiger charge is 2.37. The maximum absolute atomic E-state index is 12.7. The van der Waals surface area contributed by atoms with E-state index < -0.39 is 36.2 Å². The number of alkyl halides is 3. The fourth-order valence-electron chi connectivity index (χ4n) is 2.69. The van der Waals surface area contributed by atoms with Crippen LogP contribution in [0.2, 0.25) is 0 Å². The quantitative estimate of drug-likeness (QED) is 0.625. The zero-order valence-corrected chi connectivity index (χ0v) is 17.3. The van der Waals surface area contributed by atoms with Gasteiger partial charge in [-0.15, -0.1) is 0 Å². The molecule has 0 aliphatic heterocycles. The Morgan fingerprint density at radius 2 is 1.86 bits per heavy atom. The number of hydrogen-bond donors (Lipinski definition) is 2. The average Bonchev–Trinajstić information content (AvgIpc) is 2.50. The van der Waals surface area contributed by atoms with Crippen molar-refractivity contribution in [2.75, 3.05) is 13.2 Å². The van der Waals surface area contributed by atoms with Gasteiger partial charge >= 0.3 is 12.3 Å². The molecule has 2 N–H and O–H groups in total. The van der Waals surface area contributed by atoms with Crippen molar-refractivity contribution in [3.8, 4) is 5.88 Å². The second-order valence-electron chi connectivity index (χ2n) is 8.12. The predicted octanol–water partition coefficient (Wildman–Crippen LogP) is 3.28. The molecule has 0 radical (unpaired) electrons. The van der Waals surface area contributed by atoms with Gasteiger partial charge < -0.3 is 19.7 Å². The highest BCUT2D eigenvalue weighted by Crippen LogP contribution is 2.25. The van der Waals surface area contributed by atoms with Gasteiger partial charge in [-0.25, -0.2) is 9.78 Å². The fourth-order valence-corrected chi connectivity index (χ4v) is 2.69. The molecule has 1 rings (SSSR count). The molecule has 29 heavy (non-hydrogen) atoms. The molecule has 0 saturated carbocycles. The molecule has 0 fully saturated rings. The van der Waals surface area contributed by atoms with E-state index in [0.717, 1.165) is 4.90 Å². The van der Waals surface area contributed by atoms with Crippen molar-refractivity contribution in [3.05, 3.63) is 23.9 Å². The normalized spacial score (nSPS) is 13.7. The third-order valence-electron chi connectivity index (χ3n) is 3.66. The first kappa shape index (κ1) is 25.0. The number of pyridine rings is 1. The summed E-state index contributed by atoms with van der Waals surface area (Å²) in [5.74, 6) is -0.213. The molecular formula is C19H29F3N2O5. The van der Waals surface area contributed by atoms with Crippen LogP contribution in [0.4, 0.5) is 18.0 Å². The molecule has 0 saturated heterocycles. The number of nitrogens with zero attached hydrogens (tertiary/aromatic N) is 2. The van der Waals surface area contributed by atoms with Gasteiger partial charge in [0, 0.05) is 24.9 Å². The van der Waals surface area contributed by atoms with Crippen LogP contribution >= 0.6 is 0 Å². The first-order valence-corrected chi connectivity index (χ1v) is 9.12. The molecule has 0 aliphatic carbocycles. The van der Waals surface area contributed by atoms with Crippen molar-refractivity contribution in [2.24, 2.45) is 0 Å². The van der Waals surface area contributed by atoms with Gasteiger partial charge in [-0.1, -0.05) is 0 Å². The Morgan fingerprint density at radius 3 is 2.34 bits per heavy atom. The Morgan fingerprint density at radius 1 is 1.24 bits per heavy atom. The van der Waals surface area contributed by atoms with E-state index in [9.17, 15) is 28.2 Å². The molecule has 10 heteroatoms. The molecule has 1 heterocycles. The van der Waals surface area contributed by atoms with Crippen molar-refractivity contribution in [3.63, 3.8) is 0 Å². The number of hydrogen-bond acceptors (Lipinski definition) is 6. The van der Waals surface area contributed by atoms with Crippen LogP contribution in [0.15, 0.2) is 18.3 Å². The van der Waals surface area contributed by atoms with Crippen LogP contribution in [-0.2, 0) is 11.2 Å². The molecule has 166 valence electrons. The van der Waals surface area contributed by atoms with Crippen LogP contribution in [0.5, 0.6) is 5.88 Å². The lowest BCUT2D eigenvalue weighted by Crippen LogP contribution is -2.55. The van der Waals surface area contributed by atoms with Gasteiger partial charge in [0.1, 0.15) is 11.3 Å². The van der Waals surface area contributed by atoms with E-state index >= 15 is 0 Å². The van der Waals surface area contributed by atoms with E-state index in [0.29, 0.717) is 5.56 Å². The third kappa shape index (κ3) is 9.31. The second-order valence-corrected chi connectivity index (χ2v) is 8.12. The number of rotatable bonds is 8. The van der Waals surface area contributed by atoms with E-state index in [4.69, 9.17) is 4.74 Å². The van der Waals surface area contributed by atoms with Crippen molar-refractivity contribution < 1.29 is 37.7 Å². The molecule has 0 aliphatic rings. The highest BCUT2D eigenvalue weighted by atomic mass is 19.4. The number of carbonyl (C=O) groups excluding carboxylic acids is 1. The van der Waals surface area contributed by atoms with E-state index in [-0.39, 0.29) is 25.3 Å². The summed E-state index contributed by atoms with van der Waals surface area (Å²) in [7, 11) is 0. The largest absolute Gasteiger partial charge is 0.468 e. The Balaban J connectivity index is 3.09. The summed E-state index contributed by atoms with van der Waals surface area (Å²) in [4.78, 5) is 17.6. The standard InChI is InChI=1S/C19H29F3N2O5/c1-17(2,3)29-16(26)24(18(4,5)27)14(7-9-25)10-13-6-8-23-15(11-13)28-12-19(20,21)22/h6,8,11,14,25,27H,7,9-10,12H2,1-5H3/t14-/m1/s1. The first-order chi connectivity index (χ1) is 13.1. The highest BCUT2D eigenvalue weighted by molar-refractivity contribution is 5.69. The number of halogens is 3. The second kappa shape index (κ2) is 9.62. The first-order valence-electron chi connectivity index (χ1n) is 9.12. The van der Waals surface area contributed by atoms with E-state index in [2.05, 4.69) is 9.72 Å². The van der Waals surface area contributed by atoms with Crippen LogP contribution in [0.25, 0.3) is 0 Å². The van der Waals surface area contributed by atoms with Crippen molar-refractivity contribution in [1.29, 1.82) is 0 Å². The number of ether oxygens (including phenoxy) is 2. The molecule has 1 amide bonds. The Labute approximate surface area is 168 Å². The number of carbonyl (C=O) groups is 1. The smallest absolute Gasteiger partial charge is 0.422 e. The topological polar surface area (TPSA) is 92.1 Å². The third-order valence-corrected chi connectivity index (χ3v) is 3.66. The van der Waals surface area contributed by atoms with Crippen molar-refractivity contribution >= 4 is 6.09 Å². The van der Waals surface area contributed by atoms with Crippen LogP contribution in [0, 0.1) is 0 Å². The van der Waals surface area contributed by atoms with Crippen LogP contribution in [0.3, 0.4) is 0 Å².